The van der Waals surface area contributed by atoms with E-state index in [0.29, 0.717) is 16.9 Å². The molecule has 0 atom stereocenters. The largest absolute Gasteiger partial charge is 0.505 e. The summed E-state index contributed by atoms with van der Waals surface area (Å²) in [4.78, 5) is 16.5. The van der Waals surface area contributed by atoms with Gasteiger partial charge in [-0.3, -0.25) is 19.4 Å². The van der Waals surface area contributed by atoms with Crippen LogP contribution in [-0.4, -0.2) is 46.5 Å². The summed E-state index contributed by atoms with van der Waals surface area (Å²) >= 11 is 0. The van der Waals surface area contributed by atoms with Crippen molar-refractivity contribution >= 4 is 65.4 Å². The van der Waals surface area contributed by atoms with E-state index in [2.05, 4.69) is 30.5 Å². The number of aromatic hydroxyl groups is 1. The third-order valence-corrected chi connectivity index (χ3v) is 8.67. The predicted molar refractivity (Wildman–Crippen MR) is 170 cm³/mol. The van der Waals surface area contributed by atoms with Crippen LogP contribution in [0.4, 0.5) is 22.7 Å². The Balaban J connectivity index is 1.36. The fourth-order valence-corrected chi connectivity index (χ4v) is 5.85. The minimum Gasteiger partial charge on any atom is -0.505 e. The Hall–Kier alpha value is -5.30. The molecule has 0 aliphatic rings. The first kappa shape index (κ1) is 30.7. The number of fused-ring (bicyclic) bond motifs is 2. The molecular formula is C29H23N7O8S2. The molecule has 0 unspecified atom stereocenters. The molecule has 0 aliphatic carbocycles. The van der Waals surface area contributed by atoms with Gasteiger partial charge in [-0.1, -0.05) is 18.2 Å². The van der Waals surface area contributed by atoms with Crippen LogP contribution in [0.25, 0.3) is 27.4 Å². The quantitative estimate of drug-likeness (QED) is 0.0730. The Morgan fingerprint density at radius 2 is 1.52 bits per heavy atom. The molecule has 0 radical (unpaired) electrons. The Kier molecular flexibility index (Phi) is 7.72. The molecule has 234 valence electrons. The molecule has 46 heavy (non-hydrogen) atoms. The number of benzene rings is 4. The number of para-hydroxylation sites is 1. The standard InChI is InChI=1S/C29H23N7O8S2/c1-16-25(29(38)36(35-16)20-8-10-21(11-9-20)45(39,40)41)33-31-19-7-12-22-18(14-19)15-24(46(42,43)44)27(28(22)37)34-32-23-6-2-4-17-5-3-13-30-26(17)23/h2-15,35,37,42-44H,1H3,(H,39,40,41). The number of phenols is 1. The van der Waals surface area contributed by atoms with Crippen LogP contribution in [0.1, 0.15) is 5.69 Å². The van der Waals surface area contributed by atoms with E-state index in [-0.39, 0.29) is 38.4 Å². The Bertz CT molecular complexity index is 2380. The number of aryl methyl sites for hydroxylation is 1. The highest BCUT2D eigenvalue weighted by molar-refractivity contribution is 8.19. The lowest BCUT2D eigenvalue weighted by atomic mass is 10.1. The first-order valence-corrected chi connectivity index (χ1v) is 16.1. The number of azo groups is 2. The summed E-state index contributed by atoms with van der Waals surface area (Å²) in [6.07, 6.45) is 1.58. The van der Waals surface area contributed by atoms with Crippen LogP contribution >= 0.6 is 10.9 Å². The number of aromatic amines is 1. The summed E-state index contributed by atoms with van der Waals surface area (Å²) in [7, 11) is -8.79. The molecule has 0 aliphatic heterocycles. The third-order valence-electron chi connectivity index (χ3n) is 6.90. The van der Waals surface area contributed by atoms with Gasteiger partial charge in [-0.2, -0.15) is 13.5 Å². The molecule has 0 spiro atoms. The molecule has 0 amide bonds. The SMILES string of the molecule is Cc1[nH]n(-c2ccc(S(=O)(=O)O)cc2)c(=O)c1N=Nc1ccc2c(O)c(N=Nc3cccc4cccnc34)c(S(O)(O)O)cc2c1. The molecule has 2 heterocycles. The lowest BCUT2D eigenvalue weighted by molar-refractivity contribution is 0.375. The van der Waals surface area contributed by atoms with Crippen LogP contribution in [0, 0.1) is 6.92 Å². The molecule has 0 saturated carbocycles. The minimum absolute atomic E-state index is 0.0503. The van der Waals surface area contributed by atoms with E-state index in [1.165, 1.54) is 36.4 Å². The van der Waals surface area contributed by atoms with Gasteiger partial charge in [-0.25, -0.2) is 4.68 Å². The fraction of sp³-hybridized carbons (Fsp3) is 0.0345. The van der Waals surface area contributed by atoms with Gasteiger partial charge < -0.3 is 18.8 Å². The second-order valence-electron chi connectivity index (χ2n) is 9.94. The molecule has 6 rings (SSSR count). The average Bonchev–Trinajstić information content (AvgIpc) is 3.30. The number of rotatable bonds is 7. The van der Waals surface area contributed by atoms with Crippen molar-refractivity contribution in [3.05, 3.63) is 101 Å². The topological polar surface area (TPSA) is 235 Å². The molecule has 15 nitrogen and oxygen atoms in total. The number of aromatic nitrogens is 3. The van der Waals surface area contributed by atoms with Crippen LogP contribution in [0.2, 0.25) is 0 Å². The van der Waals surface area contributed by atoms with E-state index in [0.717, 1.165) is 22.2 Å². The molecule has 0 fully saturated rings. The minimum atomic E-state index is -4.41. The summed E-state index contributed by atoms with van der Waals surface area (Å²) < 4.78 is 63.6. The molecule has 6 N–H and O–H groups in total. The van der Waals surface area contributed by atoms with Crippen molar-refractivity contribution in [1.82, 2.24) is 14.8 Å². The highest BCUT2D eigenvalue weighted by Gasteiger charge is 2.25. The smallest absolute Gasteiger partial charge is 0.299 e. The van der Waals surface area contributed by atoms with Gasteiger partial charge in [0.15, 0.2) is 11.4 Å². The van der Waals surface area contributed by atoms with Crippen molar-refractivity contribution in [2.24, 2.45) is 20.5 Å². The first-order chi connectivity index (χ1) is 21.8. The summed E-state index contributed by atoms with van der Waals surface area (Å²) in [5.74, 6) is -0.480. The van der Waals surface area contributed by atoms with E-state index in [1.54, 1.807) is 31.3 Å². The fourth-order valence-electron chi connectivity index (χ4n) is 4.69. The van der Waals surface area contributed by atoms with Gasteiger partial charge in [0.25, 0.3) is 15.7 Å². The van der Waals surface area contributed by atoms with Crippen molar-refractivity contribution in [2.45, 2.75) is 16.7 Å². The molecular weight excluding hydrogens is 638 g/mol. The number of nitrogens with zero attached hydrogens (tertiary/aromatic N) is 6. The summed E-state index contributed by atoms with van der Waals surface area (Å²) in [6, 6.07) is 19.4. The van der Waals surface area contributed by atoms with Crippen molar-refractivity contribution in [1.29, 1.82) is 0 Å². The van der Waals surface area contributed by atoms with Crippen molar-refractivity contribution in [3.63, 3.8) is 0 Å². The van der Waals surface area contributed by atoms with Gasteiger partial charge in [0.2, 0.25) is 0 Å². The predicted octanol–water partition coefficient (Wildman–Crippen LogP) is 7.54. The van der Waals surface area contributed by atoms with Gasteiger partial charge >= 0.3 is 0 Å². The second-order valence-corrected chi connectivity index (χ2v) is 12.8. The number of pyridine rings is 1. The van der Waals surface area contributed by atoms with Crippen LogP contribution in [-0.2, 0) is 10.1 Å². The van der Waals surface area contributed by atoms with E-state index in [1.807, 2.05) is 12.1 Å². The maximum absolute atomic E-state index is 13.1. The number of nitrogens with one attached hydrogen (secondary N) is 1. The zero-order chi connectivity index (χ0) is 32.8. The van der Waals surface area contributed by atoms with Crippen molar-refractivity contribution in [2.75, 3.05) is 0 Å². The highest BCUT2D eigenvalue weighted by atomic mass is 32.3. The monoisotopic (exact) mass is 661 g/mol. The van der Waals surface area contributed by atoms with Crippen molar-refractivity contribution in [3.8, 4) is 11.4 Å². The van der Waals surface area contributed by atoms with Gasteiger partial charge in [0, 0.05) is 17.0 Å². The zero-order valence-corrected chi connectivity index (χ0v) is 25.2. The normalized spacial score (nSPS) is 13.0. The number of hydrogen-bond acceptors (Lipinski definition) is 12. The summed E-state index contributed by atoms with van der Waals surface area (Å²) in [5, 5.41) is 31.6. The van der Waals surface area contributed by atoms with Crippen LogP contribution in [0.3, 0.4) is 0 Å². The molecule has 6 aromatic rings. The van der Waals surface area contributed by atoms with Gasteiger partial charge in [-0.15, -0.1) is 15.3 Å². The maximum Gasteiger partial charge on any atom is 0.299 e. The van der Waals surface area contributed by atoms with E-state index in [4.69, 9.17) is 0 Å². The van der Waals surface area contributed by atoms with E-state index >= 15 is 0 Å². The van der Waals surface area contributed by atoms with Gasteiger partial charge in [0.05, 0.1) is 32.4 Å². The maximum atomic E-state index is 13.1. The second kappa shape index (κ2) is 11.6. The van der Waals surface area contributed by atoms with Crippen LogP contribution < -0.4 is 5.56 Å². The Morgan fingerprint density at radius 3 is 2.24 bits per heavy atom. The first-order valence-electron chi connectivity index (χ1n) is 13.2. The van der Waals surface area contributed by atoms with E-state index in [9.17, 15) is 36.5 Å². The average molecular weight is 662 g/mol. The molecule has 0 bridgehead atoms. The molecule has 2 aromatic heterocycles. The lowest BCUT2D eigenvalue weighted by Crippen LogP contribution is -2.14. The number of hydrogen-bond donors (Lipinski definition) is 6. The summed E-state index contributed by atoms with van der Waals surface area (Å²) in [6.45, 7) is 1.58. The zero-order valence-electron chi connectivity index (χ0n) is 23.5. The highest BCUT2D eigenvalue weighted by Crippen LogP contribution is 2.54. The number of H-pyrrole nitrogens is 1. The van der Waals surface area contributed by atoms with Gasteiger partial charge in [-0.05, 0) is 73.0 Å². The Morgan fingerprint density at radius 1 is 0.804 bits per heavy atom. The van der Waals surface area contributed by atoms with Crippen molar-refractivity contribution < 1.29 is 31.7 Å². The molecule has 17 heteroatoms. The molecule has 0 saturated heterocycles. The third kappa shape index (κ3) is 5.88. The van der Waals surface area contributed by atoms with Crippen LogP contribution in [0.15, 0.2) is 120 Å². The molecule has 4 aromatic carbocycles. The van der Waals surface area contributed by atoms with Crippen LogP contribution in [0.5, 0.6) is 5.75 Å². The lowest BCUT2D eigenvalue weighted by Gasteiger charge is -2.22. The van der Waals surface area contributed by atoms with Gasteiger partial charge in [0.1, 0.15) is 22.2 Å². The van der Waals surface area contributed by atoms with E-state index < -0.39 is 37.2 Å². The Labute approximate surface area is 261 Å². The number of phenolic OH excluding ortho intramolecular Hbond substituents is 1. The summed E-state index contributed by atoms with van der Waals surface area (Å²) in [5.41, 5.74) is 0.724.